The van der Waals surface area contributed by atoms with E-state index >= 15 is 0 Å². The standard InChI is InChI=1S/C36H30ClN5O3/c37-30-18-8-7-17-29(30)36(43)42-20-10-19-41(21-22-42)34-32-33(26-13-9-16-28(24-26)44-27-14-5-2-6-15-27)40-45-35(32)39-31(38-34)23-25-11-3-1-4-12-25/h1-9,11-18,24H,10,19-23H2. The summed E-state index contributed by atoms with van der Waals surface area (Å²) in [4.78, 5) is 27.4. The Hall–Kier alpha value is -5.21. The number of rotatable bonds is 7. The van der Waals surface area contributed by atoms with Gasteiger partial charge in [-0.3, -0.25) is 4.79 Å². The van der Waals surface area contributed by atoms with Crippen LogP contribution in [0.1, 0.15) is 28.2 Å². The Bertz CT molecular complexity index is 1950. The van der Waals surface area contributed by atoms with Crippen LogP contribution in [0.25, 0.3) is 22.4 Å². The molecule has 0 N–H and O–H groups in total. The number of nitrogens with zero attached hydrogens (tertiary/aromatic N) is 5. The molecular weight excluding hydrogens is 586 g/mol. The Morgan fingerprint density at radius 1 is 0.800 bits per heavy atom. The summed E-state index contributed by atoms with van der Waals surface area (Å²) in [7, 11) is 0. The van der Waals surface area contributed by atoms with Crippen molar-refractivity contribution in [1.82, 2.24) is 20.0 Å². The van der Waals surface area contributed by atoms with Crippen molar-refractivity contribution in [2.75, 3.05) is 31.1 Å². The first-order chi connectivity index (χ1) is 22.1. The van der Waals surface area contributed by atoms with Crippen molar-refractivity contribution < 1.29 is 14.1 Å². The number of hydrogen-bond donors (Lipinski definition) is 0. The second-order valence-corrected chi connectivity index (χ2v) is 11.3. The van der Waals surface area contributed by atoms with E-state index in [0.717, 1.165) is 34.5 Å². The van der Waals surface area contributed by atoms with Crippen LogP contribution in [0, 0.1) is 0 Å². The van der Waals surface area contributed by atoms with Gasteiger partial charge in [0.15, 0.2) is 0 Å². The highest BCUT2D eigenvalue weighted by molar-refractivity contribution is 6.33. The van der Waals surface area contributed by atoms with E-state index in [2.05, 4.69) is 22.2 Å². The van der Waals surface area contributed by atoms with Gasteiger partial charge in [0.05, 0.1) is 10.6 Å². The summed E-state index contributed by atoms with van der Waals surface area (Å²) in [5.41, 5.74) is 3.50. The molecule has 1 aliphatic heterocycles. The summed E-state index contributed by atoms with van der Waals surface area (Å²) in [6, 6.07) is 34.7. The summed E-state index contributed by atoms with van der Waals surface area (Å²) >= 11 is 6.37. The van der Waals surface area contributed by atoms with Gasteiger partial charge in [-0.1, -0.05) is 89.6 Å². The zero-order valence-corrected chi connectivity index (χ0v) is 25.2. The molecule has 0 spiro atoms. The van der Waals surface area contributed by atoms with Crippen molar-refractivity contribution in [3.63, 3.8) is 0 Å². The van der Waals surface area contributed by atoms with Crippen molar-refractivity contribution in [3.05, 3.63) is 131 Å². The Kier molecular flexibility index (Phi) is 8.12. The van der Waals surface area contributed by atoms with Crippen LogP contribution in [0.5, 0.6) is 11.5 Å². The van der Waals surface area contributed by atoms with Crippen molar-refractivity contribution >= 4 is 34.4 Å². The lowest BCUT2D eigenvalue weighted by Gasteiger charge is -2.24. The van der Waals surface area contributed by atoms with Gasteiger partial charge >= 0.3 is 0 Å². The van der Waals surface area contributed by atoms with Crippen LogP contribution in [0.3, 0.4) is 0 Å². The van der Waals surface area contributed by atoms with Crippen LogP contribution < -0.4 is 9.64 Å². The van der Waals surface area contributed by atoms with E-state index in [-0.39, 0.29) is 5.91 Å². The minimum atomic E-state index is -0.0686. The van der Waals surface area contributed by atoms with E-state index in [1.54, 1.807) is 12.1 Å². The fourth-order valence-electron chi connectivity index (χ4n) is 5.63. The van der Waals surface area contributed by atoms with E-state index in [4.69, 9.17) is 30.8 Å². The number of fused-ring (bicyclic) bond motifs is 1. The molecule has 0 unspecified atom stereocenters. The van der Waals surface area contributed by atoms with Crippen LogP contribution in [0.4, 0.5) is 5.82 Å². The third-order valence-corrected chi connectivity index (χ3v) is 8.17. The monoisotopic (exact) mass is 615 g/mol. The first-order valence-corrected chi connectivity index (χ1v) is 15.3. The van der Waals surface area contributed by atoms with Gasteiger partial charge in [-0.2, -0.15) is 4.98 Å². The molecular formula is C36H30ClN5O3. The molecule has 1 fully saturated rings. The number of amides is 1. The largest absolute Gasteiger partial charge is 0.457 e. The quantitative estimate of drug-likeness (QED) is 0.182. The lowest BCUT2D eigenvalue weighted by atomic mass is 10.1. The molecule has 0 bridgehead atoms. The van der Waals surface area contributed by atoms with Crippen LogP contribution >= 0.6 is 11.6 Å². The molecule has 8 nitrogen and oxygen atoms in total. The summed E-state index contributed by atoms with van der Waals surface area (Å²) in [5.74, 6) is 2.74. The predicted molar refractivity (Wildman–Crippen MR) is 175 cm³/mol. The molecule has 3 heterocycles. The minimum Gasteiger partial charge on any atom is -0.457 e. The second kappa shape index (κ2) is 12.8. The molecule has 1 amide bonds. The van der Waals surface area contributed by atoms with Crippen LogP contribution in [-0.4, -0.2) is 52.1 Å². The third kappa shape index (κ3) is 6.23. The normalized spacial score (nSPS) is 13.5. The zero-order valence-electron chi connectivity index (χ0n) is 24.5. The van der Waals surface area contributed by atoms with Gasteiger partial charge in [0, 0.05) is 38.2 Å². The van der Waals surface area contributed by atoms with E-state index in [1.807, 2.05) is 89.8 Å². The number of hydrogen-bond acceptors (Lipinski definition) is 7. The van der Waals surface area contributed by atoms with E-state index in [0.29, 0.717) is 66.2 Å². The highest BCUT2D eigenvalue weighted by atomic mass is 35.5. The van der Waals surface area contributed by atoms with Crippen molar-refractivity contribution in [3.8, 4) is 22.8 Å². The zero-order chi connectivity index (χ0) is 30.6. The highest BCUT2D eigenvalue weighted by Crippen LogP contribution is 2.36. The summed E-state index contributed by atoms with van der Waals surface area (Å²) in [6.07, 6.45) is 1.31. The minimum absolute atomic E-state index is 0.0686. The molecule has 1 aliphatic rings. The molecule has 6 aromatic rings. The number of para-hydroxylation sites is 1. The molecule has 0 aliphatic carbocycles. The number of carbonyl (C=O) groups is 1. The first kappa shape index (κ1) is 28.6. The molecule has 1 saturated heterocycles. The molecule has 9 heteroatoms. The van der Waals surface area contributed by atoms with Crippen LogP contribution in [-0.2, 0) is 6.42 Å². The lowest BCUT2D eigenvalue weighted by molar-refractivity contribution is 0.0767. The molecule has 45 heavy (non-hydrogen) atoms. The summed E-state index contributed by atoms with van der Waals surface area (Å²) in [6.45, 7) is 2.41. The molecule has 0 saturated carbocycles. The van der Waals surface area contributed by atoms with E-state index in [9.17, 15) is 4.79 Å². The SMILES string of the molecule is O=C(c1ccccc1Cl)N1CCCN(c2nc(Cc3ccccc3)nc3onc(-c4cccc(Oc5ccccc5)c4)c23)CC1. The number of ether oxygens (including phenoxy) is 1. The van der Waals surface area contributed by atoms with E-state index in [1.165, 1.54) is 0 Å². The lowest BCUT2D eigenvalue weighted by Crippen LogP contribution is -2.35. The van der Waals surface area contributed by atoms with Crippen molar-refractivity contribution in [1.29, 1.82) is 0 Å². The Balaban J connectivity index is 1.25. The van der Waals surface area contributed by atoms with Gasteiger partial charge in [-0.05, 0) is 48.4 Å². The fourth-order valence-corrected chi connectivity index (χ4v) is 5.85. The summed E-state index contributed by atoms with van der Waals surface area (Å²) < 4.78 is 12.0. The number of anilines is 1. The van der Waals surface area contributed by atoms with Gasteiger partial charge < -0.3 is 19.1 Å². The molecule has 2 aromatic heterocycles. The van der Waals surface area contributed by atoms with Gasteiger partial charge in [0.2, 0.25) is 0 Å². The van der Waals surface area contributed by atoms with Gasteiger partial charge in [0.1, 0.15) is 34.2 Å². The number of halogens is 1. The van der Waals surface area contributed by atoms with Gasteiger partial charge in [0.25, 0.3) is 11.6 Å². The maximum atomic E-state index is 13.4. The average molecular weight is 616 g/mol. The Morgan fingerprint density at radius 3 is 2.38 bits per heavy atom. The van der Waals surface area contributed by atoms with Crippen LogP contribution in [0.2, 0.25) is 5.02 Å². The van der Waals surface area contributed by atoms with Crippen molar-refractivity contribution in [2.24, 2.45) is 0 Å². The fraction of sp³-hybridized carbons (Fsp3) is 0.167. The molecule has 4 aromatic carbocycles. The molecule has 0 atom stereocenters. The molecule has 224 valence electrons. The average Bonchev–Trinajstić information content (AvgIpc) is 3.34. The molecule has 0 radical (unpaired) electrons. The Morgan fingerprint density at radius 2 is 1.56 bits per heavy atom. The number of aromatic nitrogens is 3. The maximum Gasteiger partial charge on any atom is 0.263 e. The topological polar surface area (TPSA) is 84.6 Å². The molecule has 7 rings (SSSR count). The van der Waals surface area contributed by atoms with Crippen molar-refractivity contribution in [2.45, 2.75) is 12.8 Å². The number of carbonyl (C=O) groups excluding carboxylic acids is 1. The van der Waals surface area contributed by atoms with Gasteiger partial charge in [-0.15, -0.1) is 0 Å². The van der Waals surface area contributed by atoms with E-state index < -0.39 is 0 Å². The van der Waals surface area contributed by atoms with Gasteiger partial charge in [-0.25, -0.2) is 4.98 Å². The first-order valence-electron chi connectivity index (χ1n) is 14.9. The second-order valence-electron chi connectivity index (χ2n) is 10.9. The summed E-state index contributed by atoms with van der Waals surface area (Å²) in [5, 5.41) is 5.68. The predicted octanol–water partition coefficient (Wildman–Crippen LogP) is 7.67. The number of benzene rings is 4. The third-order valence-electron chi connectivity index (χ3n) is 7.84. The Labute approximate surface area is 265 Å². The highest BCUT2D eigenvalue weighted by Gasteiger charge is 2.27. The van der Waals surface area contributed by atoms with Crippen LogP contribution in [0.15, 0.2) is 114 Å². The smallest absolute Gasteiger partial charge is 0.263 e. The maximum absolute atomic E-state index is 13.4.